The fourth-order valence-electron chi connectivity index (χ4n) is 1.26. The minimum Gasteiger partial charge on any atom is -0.479 e. The maximum atomic E-state index is 11.6. The summed E-state index contributed by atoms with van der Waals surface area (Å²) in [6.07, 6.45) is -1.67. The second kappa shape index (κ2) is 7.10. The molecule has 1 atom stereocenters. The summed E-state index contributed by atoms with van der Waals surface area (Å²) in [6, 6.07) is 6.13. The Morgan fingerprint density at radius 1 is 1.15 bits per heavy atom. The van der Waals surface area contributed by atoms with E-state index < -0.39 is 30.4 Å². The molecule has 0 aliphatic rings. The van der Waals surface area contributed by atoms with Crippen molar-refractivity contribution < 1.29 is 24.6 Å². The van der Waals surface area contributed by atoms with Gasteiger partial charge < -0.3 is 26.6 Å². The lowest BCUT2D eigenvalue weighted by molar-refractivity contribution is -0.146. The van der Waals surface area contributed by atoms with Crippen molar-refractivity contribution >= 4 is 23.5 Å². The van der Waals surface area contributed by atoms with E-state index in [9.17, 15) is 14.4 Å². The SMILES string of the molecule is Nc1ccc(C(=O)NCC(=O)NC[C@H](O)C(=O)O)cc1. The van der Waals surface area contributed by atoms with Crippen LogP contribution in [0.3, 0.4) is 0 Å². The van der Waals surface area contributed by atoms with Crippen LogP contribution in [0.1, 0.15) is 10.4 Å². The van der Waals surface area contributed by atoms with Crippen molar-refractivity contribution in [2.24, 2.45) is 0 Å². The van der Waals surface area contributed by atoms with E-state index in [1.54, 1.807) is 12.1 Å². The third-order valence-electron chi connectivity index (χ3n) is 2.36. The fraction of sp³-hybridized carbons (Fsp3) is 0.250. The summed E-state index contributed by atoms with van der Waals surface area (Å²) in [7, 11) is 0. The maximum Gasteiger partial charge on any atom is 0.334 e. The standard InChI is InChI=1S/C12H15N3O5/c13-8-3-1-7(2-4-8)11(18)15-6-10(17)14-5-9(16)12(19)20/h1-4,9,16H,5-6,13H2,(H,14,17)(H,15,18)(H,19,20)/t9-/m0/s1. The molecule has 0 heterocycles. The Morgan fingerprint density at radius 2 is 1.75 bits per heavy atom. The number of amides is 2. The van der Waals surface area contributed by atoms with E-state index in [1.807, 2.05) is 0 Å². The maximum absolute atomic E-state index is 11.6. The number of rotatable bonds is 6. The smallest absolute Gasteiger partial charge is 0.334 e. The summed E-state index contributed by atoms with van der Waals surface area (Å²) in [5, 5.41) is 21.9. The van der Waals surface area contributed by atoms with Crippen molar-refractivity contribution in [2.45, 2.75) is 6.10 Å². The molecule has 8 heteroatoms. The van der Waals surface area contributed by atoms with Crippen LogP contribution in [0, 0.1) is 0 Å². The molecule has 1 aromatic rings. The number of aliphatic carboxylic acids is 1. The van der Waals surface area contributed by atoms with Crippen LogP contribution in [0.15, 0.2) is 24.3 Å². The number of aliphatic hydroxyl groups is 1. The van der Waals surface area contributed by atoms with E-state index in [4.69, 9.17) is 15.9 Å². The van der Waals surface area contributed by atoms with Crippen molar-refractivity contribution in [3.63, 3.8) is 0 Å². The predicted molar refractivity (Wildman–Crippen MR) is 69.8 cm³/mol. The highest BCUT2D eigenvalue weighted by Crippen LogP contribution is 2.04. The van der Waals surface area contributed by atoms with Gasteiger partial charge in [0.05, 0.1) is 13.1 Å². The molecule has 0 radical (unpaired) electrons. The average Bonchev–Trinajstić information content (AvgIpc) is 2.42. The van der Waals surface area contributed by atoms with Crippen LogP contribution < -0.4 is 16.4 Å². The molecule has 0 spiro atoms. The van der Waals surface area contributed by atoms with E-state index >= 15 is 0 Å². The number of carbonyl (C=O) groups excluding carboxylic acids is 2. The first-order chi connectivity index (χ1) is 9.40. The Balaban J connectivity index is 2.35. The van der Waals surface area contributed by atoms with Gasteiger partial charge in [0.25, 0.3) is 5.91 Å². The van der Waals surface area contributed by atoms with E-state index in [-0.39, 0.29) is 6.54 Å². The van der Waals surface area contributed by atoms with Crippen LogP contribution in [0.5, 0.6) is 0 Å². The molecule has 6 N–H and O–H groups in total. The zero-order chi connectivity index (χ0) is 15.1. The summed E-state index contributed by atoms with van der Waals surface area (Å²) in [5.74, 6) is -2.50. The third-order valence-corrected chi connectivity index (χ3v) is 2.36. The number of benzene rings is 1. The van der Waals surface area contributed by atoms with Crippen molar-refractivity contribution in [1.82, 2.24) is 10.6 Å². The lowest BCUT2D eigenvalue weighted by atomic mass is 10.2. The number of nitrogen functional groups attached to an aromatic ring is 1. The molecule has 0 aliphatic carbocycles. The minimum absolute atomic E-state index is 0.324. The first-order valence-electron chi connectivity index (χ1n) is 5.71. The van der Waals surface area contributed by atoms with E-state index in [2.05, 4.69) is 10.6 Å². The van der Waals surface area contributed by atoms with Crippen molar-refractivity contribution in [3.05, 3.63) is 29.8 Å². The second-order valence-corrected chi connectivity index (χ2v) is 3.96. The molecule has 0 saturated heterocycles. The van der Waals surface area contributed by atoms with Gasteiger partial charge in [0.1, 0.15) is 0 Å². The summed E-state index contributed by atoms with van der Waals surface area (Å²) < 4.78 is 0. The van der Waals surface area contributed by atoms with Gasteiger partial charge in [-0.05, 0) is 24.3 Å². The number of carboxylic acid groups (broad SMARTS) is 1. The molecule has 108 valence electrons. The molecular formula is C12H15N3O5. The van der Waals surface area contributed by atoms with Crippen LogP contribution in [0.25, 0.3) is 0 Å². The number of carbonyl (C=O) groups is 3. The fourth-order valence-corrected chi connectivity index (χ4v) is 1.26. The third kappa shape index (κ3) is 4.94. The summed E-state index contributed by atoms with van der Waals surface area (Å²) in [4.78, 5) is 33.3. The molecule has 0 saturated carbocycles. The Hall–Kier alpha value is -2.61. The molecule has 0 fully saturated rings. The number of nitrogens with one attached hydrogen (secondary N) is 2. The molecule has 8 nitrogen and oxygen atoms in total. The molecule has 0 aromatic heterocycles. The monoisotopic (exact) mass is 281 g/mol. The van der Waals surface area contributed by atoms with Crippen LogP contribution in [-0.2, 0) is 9.59 Å². The Morgan fingerprint density at radius 3 is 2.30 bits per heavy atom. The number of anilines is 1. The topological polar surface area (TPSA) is 142 Å². The van der Waals surface area contributed by atoms with E-state index in [0.29, 0.717) is 11.3 Å². The number of hydrogen-bond donors (Lipinski definition) is 5. The van der Waals surface area contributed by atoms with E-state index in [0.717, 1.165) is 0 Å². The van der Waals surface area contributed by atoms with Crippen LogP contribution >= 0.6 is 0 Å². The zero-order valence-corrected chi connectivity index (χ0v) is 10.5. The summed E-state index contributed by atoms with van der Waals surface area (Å²) in [6.45, 7) is -0.749. The molecule has 0 unspecified atom stereocenters. The van der Waals surface area contributed by atoms with E-state index in [1.165, 1.54) is 12.1 Å². The highest BCUT2D eigenvalue weighted by Gasteiger charge is 2.14. The van der Waals surface area contributed by atoms with Gasteiger partial charge in [-0.15, -0.1) is 0 Å². The Labute approximate surface area is 114 Å². The highest BCUT2D eigenvalue weighted by molar-refractivity contribution is 5.96. The summed E-state index contributed by atoms with van der Waals surface area (Å²) >= 11 is 0. The Kier molecular flexibility index (Phi) is 5.48. The molecule has 2 amide bonds. The molecule has 0 aliphatic heterocycles. The zero-order valence-electron chi connectivity index (χ0n) is 10.5. The lowest BCUT2D eigenvalue weighted by Gasteiger charge is -2.08. The number of hydrogen-bond acceptors (Lipinski definition) is 5. The largest absolute Gasteiger partial charge is 0.479 e. The molecular weight excluding hydrogens is 266 g/mol. The Bertz CT molecular complexity index is 500. The highest BCUT2D eigenvalue weighted by atomic mass is 16.4. The van der Waals surface area contributed by atoms with Crippen LogP contribution in [0.4, 0.5) is 5.69 Å². The van der Waals surface area contributed by atoms with Gasteiger partial charge in [-0.25, -0.2) is 4.79 Å². The van der Waals surface area contributed by atoms with Crippen LogP contribution in [-0.4, -0.2) is 47.2 Å². The quantitative estimate of drug-likeness (QED) is 0.404. The summed E-state index contributed by atoms with van der Waals surface area (Å²) in [5.41, 5.74) is 6.33. The first-order valence-corrected chi connectivity index (χ1v) is 5.71. The van der Waals surface area contributed by atoms with Gasteiger partial charge in [-0.1, -0.05) is 0 Å². The van der Waals surface area contributed by atoms with Gasteiger partial charge in [-0.3, -0.25) is 9.59 Å². The number of carboxylic acids is 1. The van der Waals surface area contributed by atoms with Gasteiger partial charge in [0, 0.05) is 11.3 Å². The van der Waals surface area contributed by atoms with Crippen molar-refractivity contribution in [1.29, 1.82) is 0 Å². The lowest BCUT2D eigenvalue weighted by Crippen LogP contribution is -2.41. The normalized spacial score (nSPS) is 11.4. The van der Waals surface area contributed by atoms with Crippen molar-refractivity contribution in [3.8, 4) is 0 Å². The van der Waals surface area contributed by atoms with Gasteiger partial charge in [0.2, 0.25) is 5.91 Å². The van der Waals surface area contributed by atoms with Gasteiger partial charge >= 0.3 is 5.97 Å². The number of nitrogens with two attached hydrogens (primary N) is 1. The molecule has 0 bridgehead atoms. The second-order valence-electron chi connectivity index (χ2n) is 3.96. The molecule has 1 aromatic carbocycles. The van der Waals surface area contributed by atoms with Gasteiger partial charge in [-0.2, -0.15) is 0 Å². The number of aliphatic hydroxyl groups excluding tert-OH is 1. The first kappa shape index (κ1) is 15.4. The van der Waals surface area contributed by atoms with Gasteiger partial charge in [0.15, 0.2) is 6.10 Å². The molecule has 1 rings (SSSR count). The minimum atomic E-state index is -1.67. The predicted octanol–water partition coefficient (Wildman–Crippen LogP) is -1.44. The van der Waals surface area contributed by atoms with Crippen molar-refractivity contribution in [2.75, 3.05) is 18.8 Å². The average molecular weight is 281 g/mol. The molecule has 20 heavy (non-hydrogen) atoms. The van der Waals surface area contributed by atoms with Crippen LogP contribution in [0.2, 0.25) is 0 Å².